The van der Waals surface area contributed by atoms with Crippen LogP contribution in [0.25, 0.3) is 0 Å². The number of hydrogen-bond acceptors (Lipinski definition) is 6. The number of hydrogen-bond donors (Lipinski definition) is 1. The average Bonchev–Trinajstić information content (AvgIpc) is 2.95. The molecule has 1 spiro atoms. The van der Waals surface area contributed by atoms with Gasteiger partial charge in [-0.3, -0.25) is 9.59 Å². The molecule has 5 atom stereocenters. The Morgan fingerprint density at radius 2 is 1.86 bits per heavy atom. The zero-order chi connectivity index (χ0) is 21.7. The van der Waals surface area contributed by atoms with Crippen molar-refractivity contribution in [1.82, 2.24) is 0 Å². The highest BCUT2D eigenvalue weighted by Crippen LogP contribution is 2.66. The van der Waals surface area contributed by atoms with Crippen LogP contribution in [0.5, 0.6) is 0 Å². The lowest BCUT2D eigenvalue weighted by Gasteiger charge is -2.62. The summed E-state index contributed by atoms with van der Waals surface area (Å²) in [6.45, 7) is 10.1. The Kier molecular flexibility index (Phi) is 5.67. The predicted octanol–water partition coefficient (Wildman–Crippen LogP) is 3.55. The second kappa shape index (κ2) is 7.38. The summed E-state index contributed by atoms with van der Waals surface area (Å²) in [7, 11) is 1.39. The smallest absolute Gasteiger partial charge is 0.308 e. The van der Waals surface area contributed by atoms with E-state index in [-0.39, 0.29) is 41.7 Å². The van der Waals surface area contributed by atoms with Crippen molar-refractivity contribution in [2.75, 3.05) is 13.7 Å². The third-order valence-corrected chi connectivity index (χ3v) is 7.80. The molecule has 6 nitrogen and oxygen atoms in total. The summed E-state index contributed by atoms with van der Waals surface area (Å²) in [6.07, 6.45) is 5.86. The van der Waals surface area contributed by atoms with Crippen molar-refractivity contribution in [3.8, 4) is 0 Å². The second-order valence-electron chi connectivity index (χ2n) is 10.3. The normalized spacial score (nSPS) is 40.9. The molecule has 5 unspecified atom stereocenters. The van der Waals surface area contributed by atoms with Crippen molar-refractivity contribution in [2.24, 2.45) is 16.7 Å². The fourth-order valence-electron chi connectivity index (χ4n) is 6.62. The Bertz CT molecular complexity index is 712. The highest BCUT2D eigenvalue weighted by Gasteiger charge is 2.67. The summed E-state index contributed by atoms with van der Waals surface area (Å²) in [5.41, 5.74) is -0.878. The molecule has 3 aliphatic rings. The van der Waals surface area contributed by atoms with E-state index in [1.165, 1.54) is 14.0 Å². The number of carbonyl (C=O) groups excluding carboxylic acids is 2. The molecule has 3 rings (SSSR count). The van der Waals surface area contributed by atoms with Gasteiger partial charge in [0.05, 0.1) is 30.8 Å². The van der Waals surface area contributed by atoms with Gasteiger partial charge in [0, 0.05) is 18.3 Å². The van der Waals surface area contributed by atoms with Crippen molar-refractivity contribution in [3.63, 3.8) is 0 Å². The number of esters is 2. The zero-order valence-electron chi connectivity index (χ0n) is 18.7. The van der Waals surface area contributed by atoms with Crippen LogP contribution in [0.3, 0.4) is 0 Å². The van der Waals surface area contributed by atoms with Crippen molar-refractivity contribution < 1.29 is 28.9 Å². The molecule has 1 saturated carbocycles. The molecule has 1 heterocycles. The van der Waals surface area contributed by atoms with Crippen molar-refractivity contribution >= 4 is 11.9 Å². The molecule has 2 fully saturated rings. The van der Waals surface area contributed by atoms with Crippen LogP contribution < -0.4 is 0 Å². The van der Waals surface area contributed by atoms with Crippen LogP contribution in [0.2, 0.25) is 0 Å². The standard InChI is InChI=1S/C23H36O6/c1-15(24)28-14-16-12-17(25)19-20(2,3)8-7-9-22(19,5)23(16)11-10-21(4,29-23)13-18(26)27-6/h12,17,19,25H,7-11,13-14H2,1-6H3. The van der Waals surface area contributed by atoms with Gasteiger partial charge < -0.3 is 19.3 Å². The third kappa shape index (κ3) is 3.63. The Morgan fingerprint density at radius 1 is 1.17 bits per heavy atom. The number of rotatable bonds is 4. The minimum atomic E-state index is -0.674. The van der Waals surface area contributed by atoms with Gasteiger partial charge >= 0.3 is 11.9 Å². The molecule has 0 aromatic heterocycles. The molecule has 0 amide bonds. The summed E-state index contributed by atoms with van der Waals surface area (Å²) in [4.78, 5) is 23.6. The van der Waals surface area contributed by atoms with E-state index in [4.69, 9.17) is 14.2 Å². The molecule has 29 heavy (non-hydrogen) atoms. The third-order valence-electron chi connectivity index (χ3n) is 7.80. The average molecular weight is 409 g/mol. The van der Waals surface area contributed by atoms with Crippen LogP contribution in [0, 0.1) is 16.7 Å². The van der Waals surface area contributed by atoms with E-state index < -0.39 is 17.3 Å². The summed E-state index contributed by atoms with van der Waals surface area (Å²) in [6, 6.07) is 0. The summed E-state index contributed by atoms with van der Waals surface area (Å²) in [5, 5.41) is 11.2. The van der Waals surface area contributed by atoms with Gasteiger partial charge in [0.2, 0.25) is 0 Å². The number of aliphatic hydroxyl groups excluding tert-OH is 1. The molecule has 0 bridgehead atoms. The van der Waals surface area contributed by atoms with Crippen LogP contribution in [-0.2, 0) is 23.8 Å². The molecule has 1 aliphatic heterocycles. The highest BCUT2D eigenvalue weighted by atomic mass is 16.6. The fraction of sp³-hybridized carbons (Fsp3) is 0.826. The largest absolute Gasteiger partial charge is 0.469 e. The Labute approximate surface area is 174 Å². The van der Waals surface area contributed by atoms with Crippen LogP contribution >= 0.6 is 0 Å². The van der Waals surface area contributed by atoms with Gasteiger partial charge in [0.1, 0.15) is 6.61 Å². The maximum absolute atomic E-state index is 12.0. The van der Waals surface area contributed by atoms with Gasteiger partial charge in [-0.1, -0.05) is 33.3 Å². The highest BCUT2D eigenvalue weighted by molar-refractivity contribution is 5.70. The first kappa shape index (κ1) is 22.3. The summed E-state index contributed by atoms with van der Waals surface area (Å²) >= 11 is 0. The number of fused-ring (bicyclic) bond motifs is 2. The lowest BCUT2D eigenvalue weighted by molar-refractivity contribution is -0.212. The zero-order valence-corrected chi connectivity index (χ0v) is 18.7. The maximum Gasteiger partial charge on any atom is 0.308 e. The lowest BCUT2D eigenvalue weighted by Crippen LogP contribution is -2.64. The molecule has 0 aromatic rings. The molecule has 1 N–H and O–H groups in total. The topological polar surface area (TPSA) is 82.1 Å². The first-order valence-electron chi connectivity index (χ1n) is 10.7. The number of methoxy groups -OCH3 is 1. The minimum absolute atomic E-state index is 0.0188. The second-order valence-corrected chi connectivity index (χ2v) is 10.3. The number of carbonyl (C=O) groups is 2. The van der Waals surface area contributed by atoms with E-state index in [9.17, 15) is 14.7 Å². The maximum atomic E-state index is 12.0. The molecule has 2 aliphatic carbocycles. The van der Waals surface area contributed by atoms with Crippen molar-refractivity contribution in [1.29, 1.82) is 0 Å². The van der Waals surface area contributed by atoms with Gasteiger partial charge in [-0.2, -0.15) is 0 Å². The lowest BCUT2D eigenvalue weighted by atomic mass is 9.46. The molecule has 1 saturated heterocycles. The molecule has 0 radical (unpaired) electrons. The Hall–Kier alpha value is -1.40. The van der Waals surface area contributed by atoms with E-state index in [2.05, 4.69) is 20.8 Å². The number of aliphatic hydroxyl groups is 1. The van der Waals surface area contributed by atoms with E-state index in [1.807, 2.05) is 13.0 Å². The van der Waals surface area contributed by atoms with Crippen molar-refractivity contribution in [3.05, 3.63) is 11.6 Å². The molecule has 6 heteroatoms. The first-order chi connectivity index (χ1) is 13.4. The quantitative estimate of drug-likeness (QED) is 0.566. The Balaban J connectivity index is 2.07. The molecule has 164 valence electrons. The molecule has 0 aromatic carbocycles. The van der Waals surface area contributed by atoms with Crippen molar-refractivity contribution in [2.45, 2.75) is 90.4 Å². The van der Waals surface area contributed by atoms with Gasteiger partial charge in [-0.05, 0) is 43.6 Å². The Morgan fingerprint density at radius 3 is 2.48 bits per heavy atom. The minimum Gasteiger partial charge on any atom is -0.469 e. The van der Waals surface area contributed by atoms with Crippen LogP contribution in [0.1, 0.15) is 73.1 Å². The van der Waals surface area contributed by atoms with Crippen LogP contribution in [0.4, 0.5) is 0 Å². The van der Waals surface area contributed by atoms with Crippen LogP contribution in [-0.4, -0.2) is 48.1 Å². The number of ether oxygens (including phenoxy) is 3. The van der Waals surface area contributed by atoms with E-state index in [0.717, 1.165) is 31.3 Å². The van der Waals surface area contributed by atoms with Crippen LogP contribution in [0.15, 0.2) is 11.6 Å². The monoisotopic (exact) mass is 408 g/mol. The predicted molar refractivity (Wildman–Crippen MR) is 108 cm³/mol. The van der Waals surface area contributed by atoms with Gasteiger partial charge in [0.15, 0.2) is 0 Å². The molecular formula is C23H36O6. The molecular weight excluding hydrogens is 372 g/mol. The van der Waals surface area contributed by atoms with E-state index >= 15 is 0 Å². The van der Waals surface area contributed by atoms with Gasteiger partial charge in [-0.25, -0.2) is 0 Å². The van der Waals surface area contributed by atoms with Gasteiger partial charge in [-0.15, -0.1) is 0 Å². The first-order valence-corrected chi connectivity index (χ1v) is 10.7. The SMILES string of the molecule is COC(=O)CC1(C)CCC2(O1)C(COC(C)=O)=CC(O)C1C(C)(C)CCCC12C. The van der Waals surface area contributed by atoms with Gasteiger partial charge in [0.25, 0.3) is 0 Å². The fourth-order valence-corrected chi connectivity index (χ4v) is 6.62. The van der Waals surface area contributed by atoms with E-state index in [1.54, 1.807) is 0 Å². The van der Waals surface area contributed by atoms with E-state index in [0.29, 0.717) is 6.42 Å². The summed E-state index contributed by atoms with van der Waals surface area (Å²) < 4.78 is 17.1. The summed E-state index contributed by atoms with van der Waals surface area (Å²) in [5.74, 6) is -0.635.